The number of nitrogens with two attached hydrogens (primary N) is 1. The van der Waals surface area contributed by atoms with Crippen molar-refractivity contribution in [3.8, 4) is 0 Å². The van der Waals surface area contributed by atoms with Gasteiger partial charge in [-0.15, -0.1) is 0 Å². The normalized spacial score (nSPS) is 12.5. The summed E-state index contributed by atoms with van der Waals surface area (Å²) >= 11 is 0. The largest absolute Gasteiger partial charge is 0.443 e. The van der Waals surface area contributed by atoms with Gasteiger partial charge in [-0.25, -0.2) is 4.98 Å². The lowest BCUT2D eigenvalue weighted by Crippen LogP contribution is -2.27. The zero-order chi connectivity index (χ0) is 13.7. The lowest BCUT2D eigenvalue weighted by atomic mass is 10.1. The second-order valence-electron chi connectivity index (χ2n) is 4.77. The molecule has 2 aromatic rings. The molecule has 102 valence electrons. The van der Waals surface area contributed by atoms with E-state index in [1.165, 1.54) is 6.39 Å². The monoisotopic (exact) mass is 261 g/mol. The van der Waals surface area contributed by atoms with E-state index in [0.717, 1.165) is 29.5 Å². The van der Waals surface area contributed by atoms with Gasteiger partial charge in [0.25, 0.3) is 0 Å². The van der Waals surface area contributed by atoms with Crippen molar-refractivity contribution >= 4 is 17.0 Å². The summed E-state index contributed by atoms with van der Waals surface area (Å²) in [4.78, 5) is 15.6. The van der Waals surface area contributed by atoms with Crippen LogP contribution < -0.4 is 11.1 Å². The zero-order valence-electron chi connectivity index (χ0n) is 11.1. The molecule has 19 heavy (non-hydrogen) atoms. The highest BCUT2D eigenvalue weighted by Crippen LogP contribution is 2.14. The number of amides is 1. The number of hydrogen-bond donors (Lipinski definition) is 2. The Kier molecular flexibility index (Phi) is 4.52. The van der Waals surface area contributed by atoms with Crippen LogP contribution in [-0.4, -0.2) is 23.5 Å². The molecule has 0 saturated heterocycles. The minimum Gasteiger partial charge on any atom is -0.443 e. The summed E-state index contributed by atoms with van der Waals surface area (Å²) < 4.78 is 5.24. The molecule has 0 spiro atoms. The molecule has 0 bridgehead atoms. The zero-order valence-corrected chi connectivity index (χ0v) is 11.1. The summed E-state index contributed by atoms with van der Waals surface area (Å²) in [7, 11) is 0. The number of nitrogens with one attached hydrogen (secondary N) is 1. The standard InChI is InChI=1S/C14H19N3O2/c1-10(15)2-5-14(18)16-7-6-11-3-4-12-13(8-11)19-9-17-12/h3-4,8-10H,2,5-7,15H2,1H3,(H,16,18). The topological polar surface area (TPSA) is 81.2 Å². The average Bonchev–Trinajstić information content (AvgIpc) is 2.83. The first-order valence-electron chi connectivity index (χ1n) is 6.49. The molecular weight excluding hydrogens is 242 g/mol. The summed E-state index contributed by atoms with van der Waals surface area (Å²) in [6, 6.07) is 5.95. The van der Waals surface area contributed by atoms with Crippen LogP contribution in [0.1, 0.15) is 25.3 Å². The molecular formula is C14H19N3O2. The van der Waals surface area contributed by atoms with E-state index < -0.39 is 0 Å². The number of oxazole rings is 1. The van der Waals surface area contributed by atoms with E-state index in [1.54, 1.807) is 0 Å². The van der Waals surface area contributed by atoms with Crippen molar-refractivity contribution in [2.45, 2.75) is 32.2 Å². The van der Waals surface area contributed by atoms with E-state index >= 15 is 0 Å². The number of carbonyl (C=O) groups is 1. The molecule has 1 heterocycles. The van der Waals surface area contributed by atoms with Crippen molar-refractivity contribution in [3.63, 3.8) is 0 Å². The van der Waals surface area contributed by atoms with Gasteiger partial charge < -0.3 is 15.5 Å². The predicted molar refractivity (Wildman–Crippen MR) is 73.6 cm³/mol. The molecule has 1 unspecified atom stereocenters. The van der Waals surface area contributed by atoms with Gasteiger partial charge in [0, 0.05) is 19.0 Å². The van der Waals surface area contributed by atoms with Crippen LogP contribution in [-0.2, 0) is 11.2 Å². The second-order valence-corrected chi connectivity index (χ2v) is 4.77. The fourth-order valence-corrected chi connectivity index (χ4v) is 1.85. The molecule has 5 nitrogen and oxygen atoms in total. The van der Waals surface area contributed by atoms with Gasteiger partial charge in [-0.05, 0) is 37.5 Å². The number of aromatic nitrogens is 1. The lowest BCUT2D eigenvalue weighted by Gasteiger charge is -2.07. The maximum atomic E-state index is 11.5. The maximum Gasteiger partial charge on any atom is 0.220 e. The minimum atomic E-state index is 0.0537. The fourth-order valence-electron chi connectivity index (χ4n) is 1.85. The first-order valence-corrected chi connectivity index (χ1v) is 6.49. The van der Waals surface area contributed by atoms with Gasteiger partial charge >= 0.3 is 0 Å². The fraction of sp³-hybridized carbons (Fsp3) is 0.429. The highest BCUT2D eigenvalue weighted by atomic mass is 16.3. The van der Waals surface area contributed by atoms with Crippen LogP contribution in [0.15, 0.2) is 29.0 Å². The van der Waals surface area contributed by atoms with Crippen LogP contribution in [0.4, 0.5) is 0 Å². The Morgan fingerprint density at radius 2 is 2.37 bits per heavy atom. The quantitative estimate of drug-likeness (QED) is 0.827. The second kappa shape index (κ2) is 6.33. The smallest absolute Gasteiger partial charge is 0.220 e. The van der Waals surface area contributed by atoms with Crippen molar-refractivity contribution < 1.29 is 9.21 Å². The SMILES string of the molecule is CC(N)CCC(=O)NCCc1ccc2ncoc2c1. The van der Waals surface area contributed by atoms with Gasteiger partial charge in [0.1, 0.15) is 5.52 Å². The molecule has 3 N–H and O–H groups in total. The van der Waals surface area contributed by atoms with Crippen molar-refractivity contribution in [1.82, 2.24) is 10.3 Å². The van der Waals surface area contributed by atoms with E-state index in [4.69, 9.17) is 10.2 Å². The molecule has 2 rings (SSSR count). The lowest BCUT2D eigenvalue weighted by molar-refractivity contribution is -0.121. The van der Waals surface area contributed by atoms with Crippen molar-refractivity contribution in [1.29, 1.82) is 0 Å². The van der Waals surface area contributed by atoms with Gasteiger partial charge in [-0.1, -0.05) is 6.07 Å². The Labute approximate surface area is 112 Å². The van der Waals surface area contributed by atoms with Crippen molar-refractivity contribution in [2.75, 3.05) is 6.54 Å². The molecule has 1 atom stereocenters. The van der Waals surface area contributed by atoms with E-state index in [-0.39, 0.29) is 11.9 Å². The Bertz CT molecular complexity index is 548. The van der Waals surface area contributed by atoms with E-state index in [0.29, 0.717) is 13.0 Å². The number of benzene rings is 1. The Hall–Kier alpha value is -1.88. The minimum absolute atomic E-state index is 0.0537. The van der Waals surface area contributed by atoms with E-state index in [2.05, 4.69) is 10.3 Å². The number of rotatable bonds is 6. The Balaban J connectivity index is 1.77. The molecule has 1 aromatic heterocycles. The molecule has 0 aliphatic carbocycles. The van der Waals surface area contributed by atoms with Crippen LogP contribution in [0.3, 0.4) is 0 Å². The Morgan fingerprint density at radius 1 is 1.53 bits per heavy atom. The molecule has 1 amide bonds. The van der Waals surface area contributed by atoms with Crippen molar-refractivity contribution in [2.24, 2.45) is 5.73 Å². The first-order chi connectivity index (χ1) is 9.15. The predicted octanol–water partition coefficient (Wildman–Crippen LogP) is 1.61. The molecule has 0 radical (unpaired) electrons. The molecule has 0 aliphatic rings. The van der Waals surface area contributed by atoms with Gasteiger partial charge in [0.15, 0.2) is 12.0 Å². The van der Waals surface area contributed by atoms with Crippen LogP contribution in [0.25, 0.3) is 11.1 Å². The van der Waals surface area contributed by atoms with Crippen LogP contribution in [0.2, 0.25) is 0 Å². The summed E-state index contributed by atoms with van der Waals surface area (Å²) in [5.41, 5.74) is 8.36. The first kappa shape index (κ1) is 13.5. The van der Waals surface area contributed by atoms with Crippen LogP contribution in [0.5, 0.6) is 0 Å². The average molecular weight is 261 g/mol. The summed E-state index contributed by atoms with van der Waals surface area (Å²) in [5, 5.41) is 2.89. The Morgan fingerprint density at radius 3 is 3.16 bits per heavy atom. The van der Waals surface area contributed by atoms with Crippen LogP contribution in [0, 0.1) is 0 Å². The summed E-state index contributed by atoms with van der Waals surface area (Å²) in [6.07, 6.45) is 3.42. The van der Waals surface area contributed by atoms with Gasteiger partial charge in [0.2, 0.25) is 5.91 Å². The van der Waals surface area contributed by atoms with E-state index in [1.807, 2.05) is 25.1 Å². The molecule has 0 fully saturated rings. The number of carbonyl (C=O) groups excluding carboxylic acids is 1. The maximum absolute atomic E-state index is 11.5. The van der Waals surface area contributed by atoms with E-state index in [9.17, 15) is 4.79 Å². The van der Waals surface area contributed by atoms with Gasteiger partial charge in [-0.2, -0.15) is 0 Å². The molecule has 0 aliphatic heterocycles. The molecule has 0 saturated carbocycles. The van der Waals surface area contributed by atoms with Crippen molar-refractivity contribution in [3.05, 3.63) is 30.2 Å². The number of fused-ring (bicyclic) bond motifs is 1. The highest BCUT2D eigenvalue weighted by molar-refractivity contribution is 5.76. The molecule has 1 aromatic carbocycles. The summed E-state index contributed by atoms with van der Waals surface area (Å²) in [6.45, 7) is 2.53. The number of nitrogens with zero attached hydrogens (tertiary/aromatic N) is 1. The third-order valence-corrected chi connectivity index (χ3v) is 2.96. The molecule has 5 heteroatoms. The van der Waals surface area contributed by atoms with Crippen LogP contribution >= 0.6 is 0 Å². The highest BCUT2D eigenvalue weighted by Gasteiger charge is 2.04. The number of hydrogen-bond acceptors (Lipinski definition) is 4. The summed E-state index contributed by atoms with van der Waals surface area (Å²) in [5.74, 6) is 0.0537. The van der Waals surface area contributed by atoms with Gasteiger partial charge in [-0.3, -0.25) is 4.79 Å². The van der Waals surface area contributed by atoms with Gasteiger partial charge in [0.05, 0.1) is 0 Å². The third-order valence-electron chi connectivity index (χ3n) is 2.96. The third kappa shape index (κ3) is 4.06.